The molecule has 0 aliphatic carbocycles. The summed E-state index contributed by atoms with van der Waals surface area (Å²) in [5.74, 6) is -1.44. The second kappa shape index (κ2) is 14.5. The number of pyridine rings is 1. The lowest BCUT2D eigenvalue weighted by Crippen LogP contribution is -2.37. The molecule has 0 radical (unpaired) electrons. The van der Waals surface area contributed by atoms with E-state index in [0.717, 1.165) is 6.42 Å². The summed E-state index contributed by atoms with van der Waals surface area (Å²) in [5.41, 5.74) is 2.44. The van der Waals surface area contributed by atoms with Crippen molar-refractivity contribution in [3.05, 3.63) is 84.2 Å². The van der Waals surface area contributed by atoms with Crippen LogP contribution < -0.4 is 20.9 Å². The Morgan fingerprint density at radius 1 is 0.932 bits per heavy atom. The molecule has 1 unspecified atom stereocenters. The Morgan fingerprint density at radius 3 is 2.39 bits per heavy atom. The highest BCUT2D eigenvalue weighted by Gasteiger charge is 2.26. The minimum absolute atomic E-state index is 0.108. The van der Waals surface area contributed by atoms with Gasteiger partial charge in [-0.15, -0.1) is 0 Å². The number of nitrogens with zero attached hydrogens (tertiary/aromatic N) is 3. The molecule has 1 aliphatic rings. The zero-order chi connectivity index (χ0) is 31.7. The number of amides is 4. The van der Waals surface area contributed by atoms with Gasteiger partial charge in [0.15, 0.2) is 0 Å². The fourth-order valence-corrected chi connectivity index (χ4v) is 5.08. The molecule has 0 bridgehead atoms. The third-order valence-electron chi connectivity index (χ3n) is 7.18. The molecule has 1 aromatic heterocycles. The number of carbonyl (C=O) groups is 4. The number of benzene rings is 2. The number of hydrogen-bond acceptors (Lipinski definition) is 6. The number of hydrogen-bond donors (Lipinski definition) is 4. The van der Waals surface area contributed by atoms with Crippen LogP contribution in [0, 0.1) is 5.41 Å². The van der Waals surface area contributed by atoms with E-state index in [9.17, 15) is 24.3 Å². The maximum absolute atomic E-state index is 13.4. The number of carbonyl (C=O) groups excluding carboxylic acids is 3. The second-order valence-corrected chi connectivity index (χ2v) is 12.0. The molecule has 0 spiro atoms. The second-order valence-electron chi connectivity index (χ2n) is 12.0. The molecule has 11 heteroatoms. The maximum atomic E-state index is 13.4. The fraction of sp³-hybridized carbons (Fsp3) is 0.364. The van der Waals surface area contributed by atoms with Crippen LogP contribution in [-0.2, 0) is 9.59 Å². The Labute approximate surface area is 257 Å². The van der Waals surface area contributed by atoms with E-state index in [2.05, 4.69) is 25.8 Å². The molecule has 4 rings (SSSR count). The van der Waals surface area contributed by atoms with Crippen molar-refractivity contribution < 1.29 is 24.3 Å². The SMILES string of the molecule is CC(C)(C)CC(=O)N1CCCN(c2ccc(C(=O)NC(CC(=O)O)c3cccnc3)cc2NC(=O)Nc2ccccc2)CC1. The molecule has 2 aromatic carbocycles. The third kappa shape index (κ3) is 9.29. The zero-order valence-corrected chi connectivity index (χ0v) is 25.4. The van der Waals surface area contributed by atoms with Crippen molar-refractivity contribution in [3.63, 3.8) is 0 Å². The Bertz CT molecular complexity index is 1460. The summed E-state index contributed by atoms with van der Waals surface area (Å²) < 4.78 is 0. The first-order chi connectivity index (χ1) is 21.0. The van der Waals surface area contributed by atoms with E-state index >= 15 is 0 Å². The molecular formula is C33H40N6O5. The summed E-state index contributed by atoms with van der Waals surface area (Å²) >= 11 is 0. The van der Waals surface area contributed by atoms with E-state index in [-0.39, 0.29) is 23.3 Å². The van der Waals surface area contributed by atoms with E-state index < -0.39 is 23.9 Å². The summed E-state index contributed by atoms with van der Waals surface area (Å²) in [4.78, 5) is 59.0. The molecule has 2 heterocycles. The number of nitrogens with one attached hydrogen (secondary N) is 3. The van der Waals surface area contributed by atoms with Crippen molar-refractivity contribution in [1.29, 1.82) is 0 Å². The number of aliphatic carboxylic acids is 1. The molecule has 232 valence electrons. The van der Waals surface area contributed by atoms with Gasteiger partial charge in [-0.1, -0.05) is 45.0 Å². The molecule has 1 saturated heterocycles. The third-order valence-corrected chi connectivity index (χ3v) is 7.18. The number of carboxylic acid groups (broad SMARTS) is 1. The van der Waals surface area contributed by atoms with Gasteiger partial charge < -0.3 is 30.9 Å². The summed E-state index contributed by atoms with van der Waals surface area (Å²) in [6, 6.07) is 16.1. The van der Waals surface area contributed by atoms with Gasteiger partial charge in [0, 0.05) is 56.2 Å². The van der Waals surface area contributed by atoms with Crippen molar-refractivity contribution in [3.8, 4) is 0 Å². The van der Waals surface area contributed by atoms with Gasteiger partial charge in [-0.05, 0) is 53.8 Å². The van der Waals surface area contributed by atoms with Crippen LogP contribution in [0.2, 0.25) is 0 Å². The average Bonchev–Trinajstić information content (AvgIpc) is 3.23. The Balaban J connectivity index is 1.58. The largest absolute Gasteiger partial charge is 0.481 e. The van der Waals surface area contributed by atoms with Gasteiger partial charge in [0.1, 0.15) is 0 Å². The molecule has 1 atom stereocenters. The quantitative estimate of drug-likeness (QED) is 0.266. The molecule has 4 amide bonds. The molecule has 1 fully saturated rings. The fourth-order valence-electron chi connectivity index (χ4n) is 5.08. The number of urea groups is 1. The molecule has 3 aromatic rings. The van der Waals surface area contributed by atoms with E-state index in [0.29, 0.717) is 55.2 Å². The topological polar surface area (TPSA) is 144 Å². The molecule has 11 nitrogen and oxygen atoms in total. The van der Waals surface area contributed by atoms with E-state index in [1.54, 1.807) is 48.7 Å². The highest BCUT2D eigenvalue weighted by Crippen LogP contribution is 2.30. The van der Waals surface area contributed by atoms with Crippen LogP contribution >= 0.6 is 0 Å². The van der Waals surface area contributed by atoms with Gasteiger partial charge in [0.05, 0.1) is 23.8 Å². The summed E-state index contributed by atoms with van der Waals surface area (Å²) in [5, 5.41) is 18.0. The van der Waals surface area contributed by atoms with Crippen molar-refractivity contribution >= 4 is 40.9 Å². The van der Waals surface area contributed by atoms with Crippen LogP contribution in [0.25, 0.3) is 0 Å². The van der Waals surface area contributed by atoms with Gasteiger partial charge in [-0.25, -0.2) is 4.79 Å². The molecule has 44 heavy (non-hydrogen) atoms. The number of rotatable bonds is 9. The van der Waals surface area contributed by atoms with Crippen molar-refractivity contribution in [2.75, 3.05) is 41.7 Å². The van der Waals surface area contributed by atoms with Crippen molar-refractivity contribution in [1.82, 2.24) is 15.2 Å². The highest BCUT2D eigenvalue weighted by atomic mass is 16.4. The molecule has 4 N–H and O–H groups in total. The molecular weight excluding hydrogens is 560 g/mol. The predicted molar refractivity (Wildman–Crippen MR) is 170 cm³/mol. The van der Waals surface area contributed by atoms with E-state index in [1.807, 2.05) is 43.9 Å². The number of para-hydroxylation sites is 1. The summed E-state index contributed by atoms with van der Waals surface area (Å²) in [7, 11) is 0. The van der Waals surface area contributed by atoms with Gasteiger partial charge in [-0.2, -0.15) is 0 Å². The number of carboxylic acids is 1. The van der Waals surface area contributed by atoms with Crippen LogP contribution in [0.1, 0.15) is 62.0 Å². The summed E-state index contributed by atoms with van der Waals surface area (Å²) in [6.45, 7) is 8.53. The standard InChI is InChI=1S/C33H40N6O5/c1-33(2,3)21-29(40)39-16-8-15-38(17-18-39)28-13-12-23(19-27(28)37-32(44)35-25-10-5-4-6-11-25)31(43)36-26(20-30(41)42)24-9-7-14-34-22-24/h4-7,9-14,19,22,26H,8,15-18,20-21H2,1-3H3,(H,36,43)(H,41,42)(H2,35,37,44). The lowest BCUT2D eigenvalue weighted by atomic mass is 9.91. The minimum atomic E-state index is -1.06. The van der Waals surface area contributed by atoms with E-state index in [1.165, 1.54) is 6.20 Å². The highest BCUT2D eigenvalue weighted by molar-refractivity contribution is 6.04. The minimum Gasteiger partial charge on any atom is -0.481 e. The van der Waals surface area contributed by atoms with Crippen LogP contribution in [-0.4, -0.2) is 65.0 Å². The Hall–Kier alpha value is -4.93. The van der Waals surface area contributed by atoms with Crippen LogP contribution in [0.5, 0.6) is 0 Å². The van der Waals surface area contributed by atoms with Crippen molar-refractivity contribution in [2.24, 2.45) is 5.41 Å². The van der Waals surface area contributed by atoms with Crippen LogP contribution in [0.4, 0.5) is 21.9 Å². The first-order valence-corrected chi connectivity index (χ1v) is 14.7. The van der Waals surface area contributed by atoms with Gasteiger partial charge in [0.25, 0.3) is 5.91 Å². The van der Waals surface area contributed by atoms with Crippen LogP contribution in [0.3, 0.4) is 0 Å². The van der Waals surface area contributed by atoms with E-state index in [4.69, 9.17) is 0 Å². The monoisotopic (exact) mass is 600 g/mol. The van der Waals surface area contributed by atoms with Gasteiger partial charge in [-0.3, -0.25) is 19.4 Å². The number of aromatic nitrogens is 1. The Kier molecular flexibility index (Phi) is 10.5. The molecule has 0 saturated carbocycles. The summed E-state index contributed by atoms with van der Waals surface area (Å²) in [6.07, 6.45) is 3.98. The normalized spacial score (nSPS) is 14.2. The molecule has 1 aliphatic heterocycles. The lowest BCUT2D eigenvalue weighted by Gasteiger charge is -2.27. The first kappa shape index (κ1) is 32.0. The number of anilines is 3. The first-order valence-electron chi connectivity index (χ1n) is 14.7. The maximum Gasteiger partial charge on any atom is 0.323 e. The van der Waals surface area contributed by atoms with Gasteiger partial charge in [0.2, 0.25) is 5.91 Å². The van der Waals surface area contributed by atoms with Crippen LogP contribution in [0.15, 0.2) is 73.1 Å². The predicted octanol–water partition coefficient (Wildman–Crippen LogP) is 5.15. The average molecular weight is 601 g/mol. The smallest absolute Gasteiger partial charge is 0.323 e. The van der Waals surface area contributed by atoms with Crippen molar-refractivity contribution in [2.45, 2.75) is 46.1 Å². The van der Waals surface area contributed by atoms with Gasteiger partial charge >= 0.3 is 12.0 Å². The lowest BCUT2D eigenvalue weighted by molar-refractivity contribution is -0.137. The zero-order valence-electron chi connectivity index (χ0n) is 25.4. The Morgan fingerprint density at radius 2 is 1.70 bits per heavy atom.